The zero-order chi connectivity index (χ0) is 16.7. The number of hydrogen-bond donors (Lipinski definition) is 3. The summed E-state index contributed by atoms with van der Waals surface area (Å²) in [5, 5.41) is 6.47. The predicted molar refractivity (Wildman–Crippen MR) is 99.2 cm³/mol. The van der Waals surface area contributed by atoms with Gasteiger partial charge in [-0.15, -0.1) is 10.5 Å². The summed E-state index contributed by atoms with van der Waals surface area (Å²) in [4.78, 5) is 0. The summed E-state index contributed by atoms with van der Waals surface area (Å²) < 4.78 is 11.4. The van der Waals surface area contributed by atoms with E-state index in [0.29, 0.717) is 16.6 Å². The Kier molecular flexibility index (Phi) is 6.37. The van der Waals surface area contributed by atoms with Gasteiger partial charge in [-0.25, -0.2) is 0 Å². The number of ether oxygens (including phenoxy) is 2. The lowest BCUT2D eigenvalue weighted by atomic mass is 10.2. The van der Waals surface area contributed by atoms with Gasteiger partial charge in [-0.1, -0.05) is 18.2 Å². The van der Waals surface area contributed by atoms with E-state index in [1.165, 1.54) is 0 Å². The molecule has 2 rings (SSSR count). The number of para-hydroxylation sites is 1. The fourth-order valence-electron chi connectivity index (χ4n) is 1.89. The SMILES string of the molecule is COc1cc(C=[NH+]NC(=S)Nc2ccccc2)cc(Br)c1OC. The van der Waals surface area contributed by atoms with Crippen LogP contribution in [0.4, 0.5) is 5.69 Å². The lowest BCUT2D eigenvalue weighted by Crippen LogP contribution is -2.82. The van der Waals surface area contributed by atoms with E-state index >= 15 is 0 Å². The minimum absolute atomic E-state index is 0.465. The highest BCUT2D eigenvalue weighted by molar-refractivity contribution is 9.10. The third-order valence-electron chi connectivity index (χ3n) is 2.91. The van der Waals surface area contributed by atoms with Crippen LogP contribution >= 0.6 is 28.1 Å². The summed E-state index contributed by atoms with van der Waals surface area (Å²) in [7, 11) is 3.19. The van der Waals surface area contributed by atoms with E-state index in [4.69, 9.17) is 21.7 Å². The van der Waals surface area contributed by atoms with Crippen molar-refractivity contribution in [1.82, 2.24) is 5.43 Å². The van der Waals surface area contributed by atoms with E-state index in [2.05, 4.69) is 31.8 Å². The molecule has 0 atom stereocenters. The maximum Gasteiger partial charge on any atom is 0.228 e. The lowest BCUT2D eigenvalue weighted by molar-refractivity contribution is -0.499. The molecule has 0 radical (unpaired) electrons. The molecule has 0 unspecified atom stereocenters. The summed E-state index contributed by atoms with van der Waals surface area (Å²) in [6.45, 7) is 0. The van der Waals surface area contributed by atoms with Crippen LogP contribution in [0.1, 0.15) is 5.56 Å². The molecule has 0 spiro atoms. The zero-order valence-electron chi connectivity index (χ0n) is 12.7. The first kappa shape index (κ1) is 17.2. The molecule has 0 aliphatic carbocycles. The summed E-state index contributed by atoms with van der Waals surface area (Å²) in [5.41, 5.74) is 4.70. The van der Waals surface area contributed by atoms with Crippen LogP contribution in [-0.2, 0) is 0 Å². The number of hydrazine groups is 1. The third kappa shape index (κ3) is 4.94. The second-order valence-electron chi connectivity index (χ2n) is 4.47. The summed E-state index contributed by atoms with van der Waals surface area (Å²) in [6, 6.07) is 13.4. The fraction of sp³-hybridized carbons (Fsp3) is 0.125. The largest absolute Gasteiger partial charge is 0.493 e. The van der Waals surface area contributed by atoms with E-state index < -0.39 is 0 Å². The van der Waals surface area contributed by atoms with Gasteiger partial charge in [0.05, 0.1) is 18.7 Å². The number of rotatable bonds is 5. The molecule has 0 bridgehead atoms. The van der Waals surface area contributed by atoms with Gasteiger partial charge in [0.15, 0.2) is 17.7 Å². The van der Waals surface area contributed by atoms with Crippen molar-refractivity contribution in [2.24, 2.45) is 0 Å². The summed E-state index contributed by atoms with van der Waals surface area (Å²) >= 11 is 8.66. The molecule has 5 nitrogen and oxygen atoms in total. The second-order valence-corrected chi connectivity index (χ2v) is 5.73. The predicted octanol–water partition coefficient (Wildman–Crippen LogP) is 1.87. The molecule has 0 fully saturated rings. The van der Waals surface area contributed by atoms with Crippen LogP contribution in [-0.4, -0.2) is 25.5 Å². The van der Waals surface area contributed by atoms with Gasteiger partial charge in [-0.2, -0.15) is 0 Å². The molecule has 0 saturated heterocycles. The van der Waals surface area contributed by atoms with Crippen LogP contribution < -0.4 is 25.3 Å². The van der Waals surface area contributed by atoms with Gasteiger partial charge < -0.3 is 14.8 Å². The Morgan fingerprint density at radius 2 is 1.91 bits per heavy atom. The third-order valence-corrected chi connectivity index (χ3v) is 3.71. The molecule has 0 aliphatic heterocycles. The Balaban J connectivity index is 2.00. The average Bonchev–Trinajstić information content (AvgIpc) is 2.55. The van der Waals surface area contributed by atoms with Crippen LogP contribution in [0.15, 0.2) is 46.9 Å². The molecule has 7 heteroatoms. The molecule has 2 aromatic carbocycles. The number of methoxy groups -OCH3 is 2. The topological polar surface area (TPSA) is 56.5 Å². The number of halogens is 1. The van der Waals surface area contributed by atoms with Crippen molar-refractivity contribution in [3.63, 3.8) is 0 Å². The van der Waals surface area contributed by atoms with Gasteiger partial charge in [0.1, 0.15) is 0 Å². The first-order chi connectivity index (χ1) is 11.1. The highest BCUT2D eigenvalue weighted by Crippen LogP contribution is 2.35. The van der Waals surface area contributed by atoms with Gasteiger partial charge in [0, 0.05) is 11.3 Å². The van der Waals surface area contributed by atoms with Crippen molar-refractivity contribution < 1.29 is 14.6 Å². The van der Waals surface area contributed by atoms with Crippen LogP contribution in [0.25, 0.3) is 0 Å². The first-order valence-electron chi connectivity index (χ1n) is 6.76. The molecule has 0 saturated carbocycles. The van der Waals surface area contributed by atoms with E-state index in [-0.39, 0.29) is 0 Å². The van der Waals surface area contributed by atoms with Crippen LogP contribution in [0.5, 0.6) is 11.5 Å². The molecule has 2 aromatic rings. The number of thiocarbonyl (C=S) groups is 1. The van der Waals surface area contributed by atoms with Gasteiger partial charge in [0.25, 0.3) is 0 Å². The van der Waals surface area contributed by atoms with Crippen LogP contribution in [0.3, 0.4) is 0 Å². The van der Waals surface area contributed by atoms with E-state index in [1.54, 1.807) is 20.4 Å². The van der Waals surface area contributed by atoms with E-state index in [1.807, 2.05) is 42.5 Å². The highest BCUT2D eigenvalue weighted by atomic mass is 79.9. The standard InChI is InChI=1S/C16H16BrN3O2S/c1-21-14-9-11(8-13(17)15(14)22-2)10-18-20-16(23)19-12-6-4-3-5-7-12/h3-10H,1-2H3,(H2,19,20,23)/p+1. The number of nitrogens with one attached hydrogen (secondary N) is 3. The fourth-order valence-corrected chi connectivity index (χ4v) is 2.69. The van der Waals surface area contributed by atoms with Gasteiger partial charge in [0.2, 0.25) is 5.11 Å². The van der Waals surface area contributed by atoms with E-state index in [9.17, 15) is 0 Å². The van der Waals surface area contributed by atoms with Crippen LogP contribution in [0, 0.1) is 0 Å². The van der Waals surface area contributed by atoms with Crippen molar-refractivity contribution in [2.45, 2.75) is 0 Å². The summed E-state index contributed by atoms with van der Waals surface area (Å²) in [6.07, 6.45) is 1.77. The molecular weight excluding hydrogens is 378 g/mol. The van der Waals surface area contributed by atoms with Gasteiger partial charge in [-0.05, 0) is 52.4 Å². The molecule has 120 valence electrons. The number of benzene rings is 2. The van der Waals surface area contributed by atoms with Crippen LogP contribution in [0.2, 0.25) is 0 Å². The second kappa shape index (κ2) is 8.50. The molecule has 0 aromatic heterocycles. The molecule has 23 heavy (non-hydrogen) atoms. The Labute approximate surface area is 148 Å². The van der Waals surface area contributed by atoms with Crippen molar-refractivity contribution >= 4 is 45.2 Å². The number of anilines is 1. The first-order valence-corrected chi connectivity index (χ1v) is 7.96. The Morgan fingerprint density at radius 3 is 2.57 bits per heavy atom. The quantitative estimate of drug-likeness (QED) is 0.410. The van der Waals surface area contributed by atoms with Crippen molar-refractivity contribution in [2.75, 3.05) is 19.5 Å². The van der Waals surface area contributed by atoms with Crippen molar-refractivity contribution in [3.8, 4) is 11.5 Å². The Morgan fingerprint density at radius 1 is 1.17 bits per heavy atom. The Hall–Kier alpha value is -2.12. The molecule has 0 aliphatic rings. The maximum atomic E-state index is 5.30. The van der Waals surface area contributed by atoms with Gasteiger partial charge in [-0.3, -0.25) is 0 Å². The number of hydrazone groups is 1. The number of hydrogen-bond acceptors (Lipinski definition) is 3. The minimum Gasteiger partial charge on any atom is -0.493 e. The molecule has 0 amide bonds. The average molecular weight is 395 g/mol. The molecule has 3 N–H and O–H groups in total. The van der Waals surface area contributed by atoms with E-state index in [0.717, 1.165) is 15.7 Å². The normalized spacial score (nSPS) is 10.4. The molecular formula is C16H17BrN3O2S+. The Bertz CT molecular complexity index is 708. The zero-order valence-corrected chi connectivity index (χ0v) is 15.1. The summed E-state index contributed by atoms with van der Waals surface area (Å²) in [5.74, 6) is 1.29. The van der Waals surface area contributed by atoms with Crippen molar-refractivity contribution in [1.29, 1.82) is 0 Å². The smallest absolute Gasteiger partial charge is 0.228 e. The maximum absolute atomic E-state index is 5.30. The highest BCUT2D eigenvalue weighted by Gasteiger charge is 2.10. The van der Waals surface area contributed by atoms with Crippen molar-refractivity contribution in [3.05, 3.63) is 52.5 Å². The minimum atomic E-state index is 0.465. The lowest BCUT2D eigenvalue weighted by Gasteiger charge is -2.09. The molecule has 0 heterocycles. The monoisotopic (exact) mass is 394 g/mol. The van der Waals surface area contributed by atoms with Gasteiger partial charge >= 0.3 is 0 Å².